The zero-order chi connectivity index (χ0) is 21.1. The molecule has 30 heavy (non-hydrogen) atoms. The second kappa shape index (κ2) is 8.66. The Kier molecular flexibility index (Phi) is 5.80. The fourth-order valence-corrected chi connectivity index (χ4v) is 3.76. The van der Waals surface area contributed by atoms with Crippen LogP contribution in [0.1, 0.15) is 30.8 Å². The van der Waals surface area contributed by atoms with Crippen LogP contribution in [0, 0.1) is 0 Å². The molecule has 1 aliphatic heterocycles. The molecule has 3 aromatic rings. The molecule has 0 spiro atoms. The Morgan fingerprint density at radius 1 is 1.27 bits per heavy atom. The molecular formula is C21H27N7O2. The lowest BCUT2D eigenvalue weighted by atomic mass is 10.2. The third-order valence-electron chi connectivity index (χ3n) is 5.14. The largest absolute Gasteiger partial charge is 0.492 e. The van der Waals surface area contributed by atoms with Gasteiger partial charge in [0.2, 0.25) is 0 Å². The number of aryl methyl sites for hydroxylation is 1. The van der Waals surface area contributed by atoms with E-state index >= 15 is 0 Å². The number of benzene rings is 1. The average molecular weight is 409 g/mol. The number of carbonyl (C=O) groups is 1. The van der Waals surface area contributed by atoms with Crippen LogP contribution < -0.4 is 20.3 Å². The summed E-state index contributed by atoms with van der Waals surface area (Å²) in [7, 11) is 1.86. The topological polar surface area (TPSA) is 97.2 Å². The molecule has 0 radical (unpaired) electrons. The quantitative estimate of drug-likeness (QED) is 0.617. The molecule has 9 nitrogen and oxygen atoms in total. The van der Waals surface area contributed by atoms with Crippen molar-refractivity contribution in [2.75, 3.05) is 36.5 Å². The number of hydrogen-bond acceptors (Lipinski definition) is 7. The molecule has 2 aromatic heterocycles. The van der Waals surface area contributed by atoms with Crippen molar-refractivity contribution in [3.05, 3.63) is 36.4 Å². The smallest absolute Gasteiger partial charge is 0.275 e. The lowest BCUT2D eigenvalue weighted by Gasteiger charge is -2.17. The van der Waals surface area contributed by atoms with E-state index in [0.29, 0.717) is 24.1 Å². The number of ether oxygens (including phenoxy) is 1. The molecule has 0 aliphatic carbocycles. The van der Waals surface area contributed by atoms with Gasteiger partial charge in [0.25, 0.3) is 5.91 Å². The van der Waals surface area contributed by atoms with E-state index in [2.05, 4.69) is 37.5 Å². The number of nitrogens with one attached hydrogen (secondary N) is 2. The second-order valence-electron chi connectivity index (χ2n) is 7.35. The lowest BCUT2D eigenvalue weighted by Crippen LogP contribution is -2.32. The van der Waals surface area contributed by atoms with Gasteiger partial charge in [-0.3, -0.25) is 9.48 Å². The van der Waals surface area contributed by atoms with Gasteiger partial charge in [-0.05, 0) is 26.0 Å². The zero-order valence-corrected chi connectivity index (χ0v) is 17.6. The molecule has 158 valence electrons. The van der Waals surface area contributed by atoms with E-state index in [1.165, 1.54) is 6.20 Å². The van der Waals surface area contributed by atoms with Gasteiger partial charge in [-0.25, -0.2) is 9.97 Å². The molecule has 1 unspecified atom stereocenters. The van der Waals surface area contributed by atoms with Gasteiger partial charge < -0.3 is 20.3 Å². The standard InChI is InChI=1S/C21H27N7O2/c1-4-22-15-6-7-28(13-15)20-11-23-18(10-24-20)21(29)25-17-8-14-12-27(3)26-16(14)9-19(17)30-5-2/h8-12,15,22H,4-7,13H2,1-3H3,(H,25,29). The summed E-state index contributed by atoms with van der Waals surface area (Å²) in [4.78, 5) is 23.8. The van der Waals surface area contributed by atoms with E-state index in [-0.39, 0.29) is 11.6 Å². The van der Waals surface area contributed by atoms with Gasteiger partial charge in [0.1, 0.15) is 17.3 Å². The van der Waals surface area contributed by atoms with Crippen LogP contribution in [0.25, 0.3) is 10.9 Å². The molecular weight excluding hydrogens is 382 g/mol. The first-order chi connectivity index (χ1) is 14.6. The first-order valence-corrected chi connectivity index (χ1v) is 10.3. The van der Waals surface area contributed by atoms with Crippen molar-refractivity contribution in [3.8, 4) is 5.75 Å². The summed E-state index contributed by atoms with van der Waals surface area (Å²) in [5.74, 6) is 1.04. The van der Waals surface area contributed by atoms with Crippen LogP contribution in [-0.2, 0) is 7.05 Å². The Morgan fingerprint density at radius 3 is 2.87 bits per heavy atom. The lowest BCUT2D eigenvalue weighted by molar-refractivity contribution is 0.102. The highest BCUT2D eigenvalue weighted by Gasteiger charge is 2.23. The Hall–Kier alpha value is -3.20. The molecule has 3 heterocycles. The number of fused-ring (bicyclic) bond motifs is 1. The Bertz CT molecular complexity index is 1030. The van der Waals surface area contributed by atoms with Crippen molar-refractivity contribution in [1.29, 1.82) is 0 Å². The fourth-order valence-electron chi connectivity index (χ4n) is 3.76. The van der Waals surface area contributed by atoms with Gasteiger partial charge in [0.05, 0.1) is 30.2 Å². The zero-order valence-electron chi connectivity index (χ0n) is 17.6. The average Bonchev–Trinajstić information content (AvgIpc) is 3.34. The van der Waals surface area contributed by atoms with Crippen LogP contribution in [-0.4, -0.2) is 57.9 Å². The summed E-state index contributed by atoms with van der Waals surface area (Å²) in [6.07, 6.45) is 6.16. The Morgan fingerprint density at radius 2 is 2.13 bits per heavy atom. The highest BCUT2D eigenvalue weighted by atomic mass is 16.5. The van der Waals surface area contributed by atoms with Crippen LogP contribution in [0.5, 0.6) is 5.75 Å². The molecule has 0 bridgehead atoms. The molecule has 4 rings (SSSR count). The third-order valence-corrected chi connectivity index (χ3v) is 5.14. The van der Waals surface area contributed by atoms with Crippen LogP contribution in [0.2, 0.25) is 0 Å². The maximum absolute atomic E-state index is 12.8. The number of aromatic nitrogens is 4. The van der Waals surface area contributed by atoms with Crippen molar-refractivity contribution < 1.29 is 9.53 Å². The van der Waals surface area contributed by atoms with E-state index in [1.54, 1.807) is 10.9 Å². The van der Waals surface area contributed by atoms with E-state index in [9.17, 15) is 4.79 Å². The monoisotopic (exact) mass is 409 g/mol. The minimum Gasteiger partial charge on any atom is -0.492 e. The summed E-state index contributed by atoms with van der Waals surface area (Å²) in [6.45, 7) is 7.28. The van der Waals surface area contributed by atoms with Gasteiger partial charge in [-0.15, -0.1) is 0 Å². The normalized spacial score (nSPS) is 16.2. The number of likely N-dealkylation sites (N-methyl/N-ethyl adjacent to an activating group) is 1. The van der Waals surface area contributed by atoms with Gasteiger partial charge in [0.15, 0.2) is 0 Å². The second-order valence-corrected chi connectivity index (χ2v) is 7.35. The molecule has 0 saturated carbocycles. The number of hydrogen-bond donors (Lipinski definition) is 2. The first kappa shape index (κ1) is 20.1. The van der Waals surface area contributed by atoms with E-state index < -0.39 is 0 Å². The van der Waals surface area contributed by atoms with Crippen molar-refractivity contribution in [2.24, 2.45) is 7.05 Å². The summed E-state index contributed by atoms with van der Waals surface area (Å²) in [6, 6.07) is 4.16. The molecule has 2 N–H and O–H groups in total. The number of rotatable bonds is 7. The predicted molar refractivity (Wildman–Crippen MR) is 116 cm³/mol. The van der Waals surface area contributed by atoms with Gasteiger partial charge in [0, 0.05) is 43.8 Å². The maximum Gasteiger partial charge on any atom is 0.275 e. The number of anilines is 2. The summed E-state index contributed by atoms with van der Waals surface area (Å²) in [5.41, 5.74) is 1.65. The van der Waals surface area contributed by atoms with Crippen LogP contribution >= 0.6 is 0 Å². The first-order valence-electron chi connectivity index (χ1n) is 10.3. The molecule has 1 aromatic carbocycles. The van der Waals surface area contributed by atoms with E-state index in [1.807, 2.05) is 32.3 Å². The van der Waals surface area contributed by atoms with Crippen LogP contribution in [0.3, 0.4) is 0 Å². The van der Waals surface area contributed by atoms with Crippen molar-refractivity contribution in [3.63, 3.8) is 0 Å². The van der Waals surface area contributed by atoms with E-state index in [0.717, 1.165) is 42.8 Å². The van der Waals surface area contributed by atoms with Crippen molar-refractivity contribution in [2.45, 2.75) is 26.3 Å². The highest BCUT2D eigenvalue weighted by Crippen LogP contribution is 2.30. The predicted octanol–water partition coefficient (Wildman–Crippen LogP) is 2.20. The van der Waals surface area contributed by atoms with Gasteiger partial charge in [-0.2, -0.15) is 5.10 Å². The summed E-state index contributed by atoms with van der Waals surface area (Å²) in [5, 5.41) is 11.7. The van der Waals surface area contributed by atoms with Crippen LogP contribution in [0.15, 0.2) is 30.7 Å². The SMILES string of the molecule is CCNC1CCN(c2cnc(C(=O)Nc3cc4cn(C)nc4cc3OCC)cn2)C1. The summed E-state index contributed by atoms with van der Waals surface area (Å²) >= 11 is 0. The molecule has 1 atom stereocenters. The van der Waals surface area contributed by atoms with Gasteiger partial charge in [-0.1, -0.05) is 6.92 Å². The Labute approximate surface area is 175 Å². The number of amides is 1. The molecule has 9 heteroatoms. The molecule has 1 aliphatic rings. The number of carbonyl (C=O) groups excluding carboxylic acids is 1. The fraction of sp³-hybridized carbons (Fsp3) is 0.429. The van der Waals surface area contributed by atoms with Crippen molar-refractivity contribution >= 4 is 28.3 Å². The van der Waals surface area contributed by atoms with Crippen molar-refractivity contribution in [1.82, 2.24) is 25.1 Å². The highest BCUT2D eigenvalue weighted by molar-refractivity contribution is 6.04. The minimum absolute atomic E-state index is 0.259. The number of nitrogens with zero attached hydrogens (tertiary/aromatic N) is 5. The molecule has 1 amide bonds. The van der Waals surface area contributed by atoms with E-state index in [4.69, 9.17) is 4.74 Å². The summed E-state index contributed by atoms with van der Waals surface area (Å²) < 4.78 is 7.43. The third kappa shape index (κ3) is 4.20. The maximum atomic E-state index is 12.8. The van der Waals surface area contributed by atoms with Crippen LogP contribution in [0.4, 0.5) is 11.5 Å². The molecule has 1 fully saturated rings. The van der Waals surface area contributed by atoms with Gasteiger partial charge >= 0.3 is 0 Å². The minimum atomic E-state index is -0.329. The molecule has 1 saturated heterocycles. The Balaban J connectivity index is 1.49.